The average Bonchev–Trinajstić information content (AvgIpc) is 3.25. The molecule has 0 spiro atoms. The van der Waals surface area contributed by atoms with Crippen molar-refractivity contribution < 1.29 is 14.3 Å². The summed E-state index contributed by atoms with van der Waals surface area (Å²) in [4.78, 5) is 21.0. The number of aromatic nitrogens is 4. The second-order valence-corrected chi connectivity index (χ2v) is 6.72. The van der Waals surface area contributed by atoms with Crippen molar-refractivity contribution in [2.75, 3.05) is 29.9 Å². The van der Waals surface area contributed by atoms with Gasteiger partial charge in [-0.3, -0.25) is 5.10 Å². The molecule has 3 heterocycles. The van der Waals surface area contributed by atoms with E-state index in [9.17, 15) is 9.18 Å². The van der Waals surface area contributed by atoms with E-state index >= 15 is 0 Å². The third-order valence-corrected chi connectivity index (χ3v) is 4.67. The number of hydrogen-bond acceptors (Lipinski definition) is 6. The molecule has 1 aliphatic heterocycles. The fourth-order valence-corrected chi connectivity index (χ4v) is 3.11. The van der Waals surface area contributed by atoms with Crippen LogP contribution in [0.5, 0.6) is 0 Å². The lowest BCUT2D eigenvalue weighted by atomic mass is 10.1. The van der Waals surface area contributed by atoms with Gasteiger partial charge in [0.2, 0.25) is 5.95 Å². The average molecular weight is 361 g/mol. The van der Waals surface area contributed by atoms with E-state index in [1.54, 1.807) is 17.2 Å². The Balaban J connectivity index is 1.41. The number of carboxylic acid groups (broad SMARTS) is 1. The minimum atomic E-state index is -1.15. The van der Waals surface area contributed by atoms with Crippen molar-refractivity contribution in [2.45, 2.75) is 24.9 Å². The zero-order valence-electron chi connectivity index (χ0n) is 14.0. The van der Waals surface area contributed by atoms with Crippen molar-refractivity contribution in [2.24, 2.45) is 5.92 Å². The molecule has 4 rings (SSSR count). The smallest absolute Gasteiger partial charge is 0.404 e. The van der Waals surface area contributed by atoms with Crippen LogP contribution in [0.1, 0.15) is 24.5 Å². The first-order valence-electron chi connectivity index (χ1n) is 8.59. The van der Waals surface area contributed by atoms with Crippen LogP contribution in [0.15, 0.2) is 18.3 Å². The van der Waals surface area contributed by atoms with Gasteiger partial charge in [-0.25, -0.2) is 14.2 Å². The van der Waals surface area contributed by atoms with Gasteiger partial charge in [0.25, 0.3) is 0 Å². The van der Waals surface area contributed by atoms with Gasteiger partial charge in [0.05, 0.1) is 6.54 Å². The molecule has 4 N–H and O–H groups in total. The first kappa shape index (κ1) is 16.6. The Bertz CT molecular complexity index is 794. The SMILES string of the molecule is O=C(O)NC[C@@H]1CN(c2nccc(Nc3cc(C4CC4)[nH]n3)n2)C[C@@H]1F. The molecule has 2 aliphatic rings. The van der Waals surface area contributed by atoms with Crippen LogP contribution in [0.25, 0.3) is 0 Å². The summed E-state index contributed by atoms with van der Waals surface area (Å²) < 4.78 is 14.1. The van der Waals surface area contributed by atoms with Gasteiger partial charge in [0.1, 0.15) is 12.0 Å². The molecule has 2 aromatic rings. The largest absolute Gasteiger partial charge is 0.465 e. The molecule has 138 valence electrons. The second-order valence-electron chi connectivity index (χ2n) is 6.72. The number of carbonyl (C=O) groups is 1. The van der Waals surface area contributed by atoms with Gasteiger partial charge in [0, 0.05) is 42.9 Å². The number of H-pyrrole nitrogens is 1. The Morgan fingerprint density at radius 3 is 3.00 bits per heavy atom. The van der Waals surface area contributed by atoms with Crippen molar-refractivity contribution in [3.8, 4) is 0 Å². The van der Waals surface area contributed by atoms with Crippen LogP contribution in [0.3, 0.4) is 0 Å². The fraction of sp³-hybridized carbons (Fsp3) is 0.500. The van der Waals surface area contributed by atoms with Crippen molar-refractivity contribution in [1.82, 2.24) is 25.5 Å². The van der Waals surface area contributed by atoms with Gasteiger partial charge in [-0.1, -0.05) is 0 Å². The summed E-state index contributed by atoms with van der Waals surface area (Å²) in [6, 6.07) is 3.70. The number of halogens is 1. The van der Waals surface area contributed by atoms with Crippen LogP contribution in [0.2, 0.25) is 0 Å². The molecule has 2 atom stereocenters. The minimum absolute atomic E-state index is 0.0716. The quantitative estimate of drug-likeness (QED) is 0.620. The number of aromatic amines is 1. The van der Waals surface area contributed by atoms with E-state index in [1.165, 1.54) is 12.8 Å². The molecule has 1 aliphatic carbocycles. The molecule has 1 saturated heterocycles. The van der Waals surface area contributed by atoms with Gasteiger partial charge in [-0.15, -0.1) is 0 Å². The van der Waals surface area contributed by atoms with E-state index in [0.717, 1.165) is 5.69 Å². The van der Waals surface area contributed by atoms with E-state index < -0.39 is 18.2 Å². The normalized spacial score (nSPS) is 22.4. The Labute approximate surface area is 149 Å². The Hall–Kier alpha value is -2.91. The van der Waals surface area contributed by atoms with E-state index in [4.69, 9.17) is 5.11 Å². The number of alkyl halides is 1. The lowest BCUT2D eigenvalue weighted by molar-refractivity contribution is 0.189. The van der Waals surface area contributed by atoms with Gasteiger partial charge < -0.3 is 20.6 Å². The molecule has 0 bridgehead atoms. The molecule has 1 saturated carbocycles. The maximum Gasteiger partial charge on any atom is 0.404 e. The summed E-state index contributed by atoms with van der Waals surface area (Å²) in [7, 11) is 0. The van der Waals surface area contributed by atoms with Crippen LogP contribution in [0.4, 0.5) is 26.8 Å². The summed E-state index contributed by atoms with van der Waals surface area (Å²) >= 11 is 0. The number of anilines is 3. The van der Waals surface area contributed by atoms with Crippen molar-refractivity contribution in [3.63, 3.8) is 0 Å². The van der Waals surface area contributed by atoms with Crippen LogP contribution in [-0.2, 0) is 0 Å². The van der Waals surface area contributed by atoms with E-state index in [2.05, 4.69) is 30.8 Å². The van der Waals surface area contributed by atoms with E-state index in [-0.39, 0.29) is 13.1 Å². The maximum absolute atomic E-state index is 14.1. The first-order valence-corrected chi connectivity index (χ1v) is 8.59. The summed E-state index contributed by atoms with van der Waals surface area (Å²) in [5, 5.41) is 21.3. The van der Waals surface area contributed by atoms with Crippen LogP contribution < -0.4 is 15.5 Å². The molecule has 2 aromatic heterocycles. The van der Waals surface area contributed by atoms with E-state index in [0.29, 0.717) is 30.0 Å². The summed E-state index contributed by atoms with van der Waals surface area (Å²) in [5.74, 6) is 1.84. The Kier molecular flexibility index (Phi) is 4.31. The minimum Gasteiger partial charge on any atom is -0.465 e. The van der Waals surface area contributed by atoms with Crippen molar-refractivity contribution in [1.29, 1.82) is 0 Å². The molecule has 2 fully saturated rings. The number of hydrogen-bond donors (Lipinski definition) is 4. The zero-order valence-corrected chi connectivity index (χ0v) is 14.0. The molecule has 26 heavy (non-hydrogen) atoms. The van der Waals surface area contributed by atoms with Crippen molar-refractivity contribution in [3.05, 3.63) is 24.0 Å². The highest BCUT2D eigenvalue weighted by atomic mass is 19.1. The predicted octanol–water partition coefficient (Wildman–Crippen LogP) is 1.86. The molecular formula is C16H20FN7O2. The fourth-order valence-electron chi connectivity index (χ4n) is 3.11. The highest BCUT2D eigenvalue weighted by molar-refractivity contribution is 5.64. The number of nitrogens with zero attached hydrogens (tertiary/aromatic N) is 4. The molecule has 0 aromatic carbocycles. The van der Waals surface area contributed by atoms with Crippen molar-refractivity contribution >= 4 is 23.7 Å². The summed E-state index contributed by atoms with van der Waals surface area (Å²) in [6.07, 6.45) is 1.71. The lowest BCUT2D eigenvalue weighted by Crippen LogP contribution is -2.32. The van der Waals surface area contributed by atoms with Gasteiger partial charge >= 0.3 is 6.09 Å². The zero-order chi connectivity index (χ0) is 18.1. The van der Waals surface area contributed by atoms with Gasteiger partial charge in [-0.05, 0) is 18.9 Å². The molecule has 1 amide bonds. The molecule has 0 unspecified atom stereocenters. The molecular weight excluding hydrogens is 341 g/mol. The Morgan fingerprint density at radius 2 is 2.23 bits per heavy atom. The maximum atomic E-state index is 14.1. The third-order valence-electron chi connectivity index (χ3n) is 4.67. The molecule has 10 heteroatoms. The predicted molar refractivity (Wildman–Crippen MR) is 92.5 cm³/mol. The summed E-state index contributed by atoms with van der Waals surface area (Å²) in [6.45, 7) is 0.574. The monoisotopic (exact) mass is 361 g/mol. The lowest BCUT2D eigenvalue weighted by Gasteiger charge is -2.16. The second kappa shape index (κ2) is 6.77. The van der Waals surface area contributed by atoms with Crippen LogP contribution in [-0.4, -0.2) is 57.2 Å². The number of amides is 1. The van der Waals surface area contributed by atoms with Gasteiger partial charge in [-0.2, -0.15) is 10.1 Å². The molecule has 0 radical (unpaired) electrons. The van der Waals surface area contributed by atoms with Crippen LogP contribution >= 0.6 is 0 Å². The highest BCUT2D eigenvalue weighted by Crippen LogP contribution is 2.39. The number of nitrogens with one attached hydrogen (secondary N) is 3. The van der Waals surface area contributed by atoms with Crippen LogP contribution in [0, 0.1) is 5.92 Å². The summed E-state index contributed by atoms with van der Waals surface area (Å²) in [5.41, 5.74) is 1.12. The van der Waals surface area contributed by atoms with Gasteiger partial charge in [0.15, 0.2) is 5.82 Å². The topological polar surface area (TPSA) is 119 Å². The highest BCUT2D eigenvalue weighted by Gasteiger charge is 2.34. The standard InChI is InChI=1S/C16H20FN7O2/c17-11-8-24(7-10(11)6-19-16(25)26)15-18-4-3-13(21-15)20-14-5-12(22-23-14)9-1-2-9/h3-5,9-11,19H,1-2,6-8H2,(H,25,26)(H2,18,20,21,22,23)/t10-,11+/m1/s1. The Morgan fingerprint density at radius 1 is 1.38 bits per heavy atom. The third kappa shape index (κ3) is 3.68. The first-order chi connectivity index (χ1) is 12.6. The molecule has 9 nitrogen and oxygen atoms in total. The number of rotatable bonds is 6. The van der Waals surface area contributed by atoms with E-state index in [1.807, 2.05) is 6.07 Å².